The molecule has 1 aliphatic carbocycles. The van der Waals surface area contributed by atoms with Crippen LogP contribution in [-0.4, -0.2) is 44.4 Å². The highest BCUT2D eigenvalue weighted by Crippen LogP contribution is 2.35. The van der Waals surface area contributed by atoms with Gasteiger partial charge < -0.3 is 5.32 Å². The van der Waals surface area contributed by atoms with Crippen molar-refractivity contribution in [3.8, 4) is 0 Å². The van der Waals surface area contributed by atoms with E-state index in [0.717, 1.165) is 45.2 Å². The van der Waals surface area contributed by atoms with Crippen LogP contribution < -0.4 is 10.0 Å². The molecule has 5 nitrogen and oxygen atoms in total. The lowest BCUT2D eigenvalue weighted by Crippen LogP contribution is -2.49. The van der Waals surface area contributed by atoms with Gasteiger partial charge in [0, 0.05) is 18.6 Å². The minimum Gasteiger partial charge on any atom is -0.316 e. The summed E-state index contributed by atoms with van der Waals surface area (Å²) in [5.74, 6) is 0.620. The van der Waals surface area contributed by atoms with Gasteiger partial charge in [-0.25, -0.2) is 0 Å². The monoisotopic (exact) mass is 289 g/mol. The van der Waals surface area contributed by atoms with E-state index in [-0.39, 0.29) is 5.54 Å². The highest BCUT2D eigenvalue weighted by molar-refractivity contribution is 7.87. The maximum atomic E-state index is 12.2. The molecule has 2 aliphatic rings. The van der Waals surface area contributed by atoms with Crippen molar-refractivity contribution in [3.63, 3.8) is 0 Å². The molecule has 112 valence electrons. The first-order valence-corrected chi connectivity index (χ1v) is 8.89. The Morgan fingerprint density at radius 3 is 2.42 bits per heavy atom. The first kappa shape index (κ1) is 15.2. The molecule has 1 saturated carbocycles. The van der Waals surface area contributed by atoms with Gasteiger partial charge in [0.1, 0.15) is 0 Å². The third-order valence-electron chi connectivity index (χ3n) is 4.15. The zero-order valence-electron chi connectivity index (χ0n) is 12.1. The molecule has 0 unspecified atom stereocenters. The second-order valence-electron chi connectivity index (χ2n) is 6.21. The molecule has 0 amide bonds. The lowest BCUT2D eigenvalue weighted by molar-refractivity contribution is 0.264. The third kappa shape index (κ3) is 4.41. The van der Waals surface area contributed by atoms with Gasteiger partial charge in [-0.1, -0.05) is 6.92 Å². The Labute approximate surface area is 117 Å². The van der Waals surface area contributed by atoms with Crippen LogP contribution in [-0.2, 0) is 10.2 Å². The fourth-order valence-corrected chi connectivity index (χ4v) is 4.15. The summed E-state index contributed by atoms with van der Waals surface area (Å²) in [6, 6.07) is 0. The van der Waals surface area contributed by atoms with Gasteiger partial charge in [0.05, 0.1) is 0 Å². The molecule has 0 bridgehead atoms. The summed E-state index contributed by atoms with van der Waals surface area (Å²) in [4.78, 5) is 0. The van der Waals surface area contributed by atoms with Gasteiger partial charge in [-0.05, 0) is 58.0 Å². The third-order valence-corrected chi connectivity index (χ3v) is 5.94. The molecule has 0 aromatic rings. The van der Waals surface area contributed by atoms with Crippen molar-refractivity contribution in [2.24, 2.45) is 5.92 Å². The molecule has 2 rings (SSSR count). The predicted molar refractivity (Wildman–Crippen MR) is 77.2 cm³/mol. The van der Waals surface area contributed by atoms with Gasteiger partial charge in [0.25, 0.3) is 10.2 Å². The highest BCUT2D eigenvalue weighted by atomic mass is 32.2. The van der Waals surface area contributed by atoms with Crippen LogP contribution in [0.4, 0.5) is 0 Å². The Kier molecular flexibility index (Phi) is 4.87. The Hall–Kier alpha value is -0.170. The van der Waals surface area contributed by atoms with Crippen LogP contribution in [0.3, 0.4) is 0 Å². The van der Waals surface area contributed by atoms with E-state index >= 15 is 0 Å². The molecule has 1 heterocycles. The van der Waals surface area contributed by atoms with Crippen molar-refractivity contribution in [1.82, 2.24) is 14.3 Å². The van der Waals surface area contributed by atoms with Gasteiger partial charge in [-0.15, -0.1) is 0 Å². The van der Waals surface area contributed by atoms with Crippen LogP contribution in [0.25, 0.3) is 0 Å². The molecule has 2 fully saturated rings. The molecule has 0 radical (unpaired) electrons. The first-order valence-electron chi connectivity index (χ1n) is 7.45. The normalized spacial score (nSPS) is 24.5. The van der Waals surface area contributed by atoms with E-state index in [1.165, 1.54) is 0 Å². The van der Waals surface area contributed by atoms with Gasteiger partial charge in [0.15, 0.2) is 0 Å². The van der Waals surface area contributed by atoms with Crippen molar-refractivity contribution in [3.05, 3.63) is 0 Å². The molecule has 0 aromatic carbocycles. The molecule has 2 N–H and O–H groups in total. The summed E-state index contributed by atoms with van der Waals surface area (Å²) in [6.07, 6.45) is 5.01. The van der Waals surface area contributed by atoms with Crippen LogP contribution in [0.15, 0.2) is 0 Å². The minimum atomic E-state index is -3.26. The molecule has 0 atom stereocenters. The summed E-state index contributed by atoms with van der Waals surface area (Å²) < 4.78 is 28.9. The Morgan fingerprint density at radius 2 is 1.89 bits per heavy atom. The zero-order valence-corrected chi connectivity index (χ0v) is 12.9. The van der Waals surface area contributed by atoms with Crippen molar-refractivity contribution < 1.29 is 8.42 Å². The van der Waals surface area contributed by atoms with Crippen molar-refractivity contribution >= 4 is 10.2 Å². The fraction of sp³-hybridized carbons (Fsp3) is 1.00. The molecule has 19 heavy (non-hydrogen) atoms. The largest absolute Gasteiger partial charge is 0.316 e. The average molecular weight is 289 g/mol. The number of piperidine rings is 1. The summed E-state index contributed by atoms with van der Waals surface area (Å²) in [6.45, 7) is 7.53. The van der Waals surface area contributed by atoms with Gasteiger partial charge >= 0.3 is 0 Å². The number of nitrogens with zero attached hydrogens (tertiary/aromatic N) is 1. The standard InChI is InChI=1S/C13H27N3O2S/c1-3-8-14-11-12-4-9-16(10-5-12)19(17,18)15-13(2)6-7-13/h12,14-15H,3-11H2,1-2H3. The molecular weight excluding hydrogens is 262 g/mol. The predicted octanol–water partition coefficient (Wildman–Crippen LogP) is 1.08. The minimum absolute atomic E-state index is 0.168. The number of hydrogen-bond donors (Lipinski definition) is 2. The molecule has 1 aliphatic heterocycles. The number of rotatable bonds is 7. The highest BCUT2D eigenvalue weighted by Gasteiger charge is 2.42. The molecule has 0 spiro atoms. The van der Waals surface area contributed by atoms with Crippen LogP contribution in [0.1, 0.15) is 46.0 Å². The topological polar surface area (TPSA) is 61.4 Å². The Balaban J connectivity index is 1.76. The first-order chi connectivity index (χ1) is 8.95. The summed E-state index contributed by atoms with van der Waals surface area (Å²) in [5, 5.41) is 3.42. The Bertz CT molecular complexity index is 385. The lowest BCUT2D eigenvalue weighted by atomic mass is 9.98. The van der Waals surface area contributed by atoms with Crippen molar-refractivity contribution in [1.29, 1.82) is 0 Å². The number of nitrogens with one attached hydrogen (secondary N) is 2. The molecular formula is C13H27N3O2S. The van der Waals surface area contributed by atoms with Gasteiger partial charge in [0.2, 0.25) is 0 Å². The van der Waals surface area contributed by atoms with Crippen molar-refractivity contribution in [2.75, 3.05) is 26.2 Å². The smallest absolute Gasteiger partial charge is 0.279 e. The van der Waals surface area contributed by atoms with E-state index in [0.29, 0.717) is 19.0 Å². The zero-order chi connectivity index (χ0) is 13.9. The SMILES string of the molecule is CCCNCC1CCN(S(=O)(=O)NC2(C)CC2)CC1. The van der Waals surface area contributed by atoms with Crippen LogP contribution >= 0.6 is 0 Å². The average Bonchev–Trinajstić information content (AvgIpc) is 3.07. The molecule has 6 heteroatoms. The summed E-state index contributed by atoms with van der Waals surface area (Å²) in [5.41, 5.74) is -0.168. The number of hydrogen-bond acceptors (Lipinski definition) is 3. The van der Waals surface area contributed by atoms with E-state index in [4.69, 9.17) is 0 Å². The summed E-state index contributed by atoms with van der Waals surface area (Å²) >= 11 is 0. The lowest BCUT2D eigenvalue weighted by Gasteiger charge is -2.32. The van der Waals surface area contributed by atoms with Crippen LogP contribution in [0, 0.1) is 5.92 Å². The van der Waals surface area contributed by atoms with Gasteiger partial charge in [-0.2, -0.15) is 17.4 Å². The van der Waals surface area contributed by atoms with Crippen LogP contribution in [0.2, 0.25) is 0 Å². The van der Waals surface area contributed by atoms with E-state index < -0.39 is 10.2 Å². The van der Waals surface area contributed by atoms with E-state index in [9.17, 15) is 8.42 Å². The maximum Gasteiger partial charge on any atom is 0.279 e. The van der Waals surface area contributed by atoms with E-state index in [1.54, 1.807) is 4.31 Å². The quantitative estimate of drug-likeness (QED) is 0.690. The summed E-state index contributed by atoms with van der Waals surface area (Å²) in [7, 11) is -3.26. The molecule has 0 aromatic heterocycles. The maximum absolute atomic E-state index is 12.2. The van der Waals surface area contributed by atoms with Crippen molar-refractivity contribution in [2.45, 2.75) is 51.5 Å². The second-order valence-corrected chi connectivity index (χ2v) is 7.88. The van der Waals surface area contributed by atoms with Gasteiger partial charge in [-0.3, -0.25) is 0 Å². The second kappa shape index (κ2) is 6.08. The van der Waals surface area contributed by atoms with E-state index in [1.807, 2.05) is 6.92 Å². The van der Waals surface area contributed by atoms with E-state index in [2.05, 4.69) is 17.0 Å². The fourth-order valence-electron chi connectivity index (χ4n) is 2.50. The Morgan fingerprint density at radius 1 is 1.26 bits per heavy atom. The van der Waals surface area contributed by atoms with Crippen LogP contribution in [0.5, 0.6) is 0 Å². The molecule has 1 saturated heterocycles.